The zero-order valence-electron chi connectivity index (χ0n) is 45.4. The van der Waals surface area contributed by atoms with Crippen molar-refractivity contribution in [1.82, 2.24) is 29.9 Å². The van der Waals surface area contributed by atoms with E-state index in [4.69, 9.17) is 29.9 Å². The van der Waals surface area contributed by atoms with Crippen molar-refractivity contribution in [3.8, 4) is 67.5 Å². The van der Waals surface area contributed by atoms with Crippen LogP contribution in [-0.2, 0) is 0 Å². The lowest BCUT2D eigenvalue weighted by atomic mass is 9.99. The Morgan fingerprint density at radius 2 is 0.524 bits per heavy atom. The highest BCUT2D eigenvalue weighted by molar-refractivity contribution is 6.07. The van der Waals surface area contributed by atoms with E-state index in [1.807, 2.05) is 18.2 Å². The van der Waals surface area contributed by atoms with Crippen LogP contribution in [0, 0.1) is 0 Å². The van der Waals surface area contributed by atoms with Gasteiger partial charge in [0.15, 0.2) is 0 Å². The zero-order chi connectivity index (χ0) is 55.5. The predicted molar refractivity (Wildman–Crippen MR) is 350 cm³/mol. The molecule has 0 amide bonds. The summed E-state index contributed by atoms with van der Waals surface area (Å²) in [5.41, 5.74) is 18.2. The van der Waals surface area contributed by atoms with E-state index in [1.165, 1.54) is 21.5 Å². The molecule has 84 heavy (non-hydrogen) atoms. The van der Waals surface area contributed by atoms with Crippen LogP contribution < -0.4 is 0 Å². The van der Waals surface area contributed by atoms with Crippen molar-refractivity contribution in [2.75, 3.05) is 0 Å². The van der Waals surface area contributed by atoms with Gasteiger partial charge in [-0.3, -0.25) is 0 Å². The van der Waals surface area contributed by atoms with Crippen molar-refractivity contribution in [3.05, 3.63) is 291 Å². The van der Waals surface area contributed by atoms with E-state index in [-0.39, 0.29) is 0 Å². The molecule has 11 aromatic carbocycles. The van der Waals surface area contributed by atoms with Crippen LogP contribution in [0.2, 0.25) is 0 Å². The number of fused-ring (bicyclic) bond motifs is 11. The number of nitrogens with zero attached hydrogens (tertiary/aromatic N) is 6. The molecule has 6 aromatic heterocycles. The van der Waals surface area contributed by atoms with Gasteiger partial charge in [0.2, 0.25) is 0 Å². The van der Waals surface area contributed by atoms with Gasteiger partial charge in [-0.1, -0.05) is 218 Å². The topological polar surface area (TPSA) is 77.3 Å². The predicted octanol–water partition coefficient (Wildman–Crippen LogP) is 20.1. The zero-order valence-corrected chi connectivity index (χ0v) is 45.4. The van der Waals surface area contributed by atoms with E-state index < -0.39 is 0 Å². The molecular weight excluding hydrogens is 1020 g/mol. The molecule has 0 aliphatic carbocycles. The second kappa shape index (κ2) is 20.3. The minimum atomic E-state index is 0.869. The summed E-state index contributed by atoms with van der Waals surface area (Å²) in [5, 5.41) is 13.8. The average Bonchev–Trinajstić information content (AvgIpc) is 2.89. The molecule has 0 radical (unpaired) electrons. The van der Waals surface area contributed by atoms with Crippen molar-refractivity contribution in [1.29, 1.82) is 0 Å². The summed E-state index contributed by atoms with van der Waals surface area (Å²) >= 11 is 0. The molecule has 0 N–H and O–H groups in total. The fraction of sp³-hybridized carbons (Fsp3) is 0. The summed E-state index contributed by atoms with van der Waals surface area (Å²) in [6, 6.07) is 102. The van der Waals surface area contributed by atoms with E-state index >= 15 is 0 Å². The molecule has 17 aromatic rings. The van der Waals surface area contributed by atoms with Crippen molar-refractivity contribution in [2.45, 2.75) is 0 Å². The molecule has 0 unspecified atom stereocenters. The molecule has 17 rings (SSSR count). The van der Waals surface area contributed by atoms with E-state index in [2.05, 4.69) is 273 Å². The molecule has 0 saturated carbocycles. The molecule has 0 aliphatic rings. The first-order valence-electron chi connectivity index (χ1n) is 28.3. The summed E-state index contributed by atoms with van der Waals surface area (Å²) in [6.07, 6.45) is 0. The molecule has 390 valence electrons. The third-order valence-corrected chi connectivity index (χ3v) is 16.3. The standard InChI is InChI=1S/C41H25N3.C37H23N3/c1-3-9-33-26(6-1)8-5-11-35(33)37-21-19-32-24-30(18-20-36(32)42-37)31-15-13-28-16-22-38(43-40(28)25-31)39-23-17-29-14-12-27-7-2-4-10-34(27)41(29)44-39;1-2-7-25(8-3-1)32-19-17-30-22-28(16-18-33(30)38-32)29-13-11-26-14-20-34(39-36(26)23-29)35-21-15-27-12-10-24-6-4-5-9-31(24)37(27)40-35/h1-25H;1-23H. The van der Waals surface area contributed by atoms with Crippen LogP contribution >= 0.6 is 0 Å². The fourth-order valence-electron chi connectivity index (χ4n) is 11.9. The van der Waals surface area contributed by atoms with Crippen LogP contribution in [0.1, 0.15) is 0 Å². The van der Waals surface area contributed by atoms with Gasteiger partial charge in [-0.25, -0.2) is 29.9 Å². The Morgan fingerprint density at radius 3 is 1.08 bits per heavy atom. The lowest BCUT2D eigenvalue weighted by Gasteiger charge is -2.10. The second-order valence-corrected chi connectivity index (χ2v) is 21.4. The normalized spacial score (nSPS) is 11.6. The molecule has 6 heterocycles. The van der Waals surface area contributed by atoms with Gasteiger partial charge in [-0.2, -0.15) is 0 Å². The Bertz CT molecular complexity index is 5460. The molecule has 6 heteroatoms. The first-order chi connectivity index (χ1) is 41.5. The third-order valence-electron chi connectivity index (χ3n) is 16.3. The Hall–Kier alpha value is -11.3. The minimum Gasteiger partial charge on any atom is -0.248 e. The Labute approximate surface area is 483 Å². The van der Waals surface area contributed by atoms with Crippen molar-refractivity contribution < 1.29 is 0 Å². The maximum absolute atomic E-state index is 5.08. The van der Waals surface area contributed by atoms with E-state index in [1.54, 1.807) is 0 Å². The smallest absolute Gasteiger partial charge is 0.0894 e. The summed E-state index contributed by atoms with van der Waals surface area (Å²) in [6.45, 7) is 0. The number of aromatic nitrogens is 6. The summed E-state index contributed by atoms with van der Waals surface area (Å²) < 4.78 is 0. The number of benzene rings is 11. The summed E-state index contributed by atoms with van der Waals surface area (Å²) in [5.74, 6) is 0. The van der Waals surface area contributed by atoms with Crippen LogP contribution in [0.3, 0.4) is 0 Å². The van der Waals surface area contributed by atoms with Gasteiger partial charge in [0.05, 0.1) is 67.3 Å². The highest BCUT2D eigenvalue weighted by atomic mass is 14.8. The number of hydrogen-bond donors (Lipinski definition) is 0. The van der Waals surface area contributed by atoms with Crippen LogP contribution in [-0.4, -0.2) is 29.9 Å². The van der Waals surface area contributed by atoms with E-state index in [0.29, 0.717) is 0 Å². The van der Waals surface area contributed by atoms with Crippen LogP contribution in [0.25, 0.3) is 165 Å². The quantitative estimate of drug-likeness (QED) is 0.154. The third kappa shape index (κ3) is 8.96. The maximum Gasteiger partial charge on any atom is 0.0894 e. The first-order valence-corrected chi connectivity index (χ1v) is 28.3. The largest absolute Gasteiger partial charge is 0.248 e. The number of rotatable bonds is 6. The first kappa shape index (κ1) is 48.6. The number of pyridine rings is 6. The molecule has 6 nitrogen and oxygen atoms in total. The maximum atomic E-state index is 5.08. The van der Waals surface area contributed by atoms with Gasteiger partial charge in [-0.05, 0) is 117 Å². The SMILES string of the molecule is c1ccc(-c2ccc3cc(-c4ccc5ccc(-c6ccc7ccc8ccccc8c7n6)nc5c4)ccc3n2)cc1.c1ccc2c(-c3ccc4cc(-c5ccc6ccc(-c7ccc8ccc9ccccc9c8n7)nc6c5)ccc4n3)cccc2c1. The van der Waals surface area contributed by atoms with Crippen LogP contribution in [0.5, 0.6) is 0 Å². The molecule has 0 atom stereocenters. The van der Waals surface area contributed by atoms with Gasteiger partial charge in [-0.15, -0.1) is 0 Å². The molecule has 0 fully saturated rings. The molecule has 0 saturated heterocycles. The molecule has 0 spiro atoms. The summed E-state index contributed by atoms with van der Waals surface area (Å²) in [7, 11) is 0. The van der Waals surface area contributed by atoms with Gasteiger partial charge < -0.3 is 0 Å². The Kier molecular flexibility index (Phi) is 11.8. The Morgan fingerprint density at radius 1 is 0.167 bits per heavy atom. The Balaban J connectivity index is 0.000000138. The lowest BCUT2D eigenvalue weighted by Crippen LogP contribution is -1.91. The van der Waals surface area contributed by atoms with Crippen molar-refractivity contribution in [2.24, 2.45) is 0 Å². The van der Waals surface area contributed by atoms with Gasteiger partial charge in [0, 0.05) is 54.2 Å². The van der Waals surface area contributed by atoms with Gasteiger partial charge in [0.1, 0.15) is 0 Å². The van der Waals surface area contributed by atoms with Gasteiger partial charge in [0.25, 0.3) is 0 Å². The van der Waals surface area contributed by atoms with Crippen molar-refractivity contribution in [3.63, 3.8) is 0 Å². The monoisotopic (exact) mass is 1070 g/mol. The molecular formula is C78H48N6. The fourth-order valence-corrected chi connectivity index (χ4v) is 11.9. The lowest BCUT2D eigenvalue weighted by molar-refractivity contribution is 1.32. The van der Waals surface area contributed by atoms with E-state index in [0.717, 1.165) is 144 Å². The summed E-state index contributed by atoms with van der Waals surface area (Å²) in [4.78, 5) is 30.2. The van der Waals surface area contributed by atoms with Crippen molar-refractivity contribution >= 4 is 97.7 Å². The van der Waals surface area contributed by atoms with Crippen LogP contribution in [0.4, 0.5) is 0 Å². The highest BCUT2D eigenvalue weighted by Gasteiger charge is 2.13. The molecule has 0 aliphatic heterocycles. The molecule has 0 bridgehead atoms. The average molecular weight is 1070 g/mol. The minimum absolute atomic E-state index is 0.869. The highest BCUT2D eigenvalue weighted by Crippen LogP contribution is 2.35. The van der Waals surface area contributed by atoms with Crippen LogP contribution in [0.15, 0.2) is 291 Å². The van der Waals surface area contributed by atoms with E-state index in [9.17, 15) is 0 Å². The van der Waals surface area contributed by atoms with Gasteiger partial charge >= 0.3 is 0 Å². The number of hydrogen-bond acceptors (Lipinski definition) is 6. The second-order valence-electron chi connectivity index (χ2n) is 21.4.